The Bertz CT molecular complexity index is 1100. The fraction of sp³-hybridized carbons (Fsp3) is 0.400. The molecule has 2 aliphatic rings. The molecule has 0 aliphatic heterocycles. The molecule has 1 N–H and O–H groups in total. The minimum absolute atomic E-state index is 0.243. The molecule has 2 aromatic carbocycles. The average Bonchev–Trinajstić information content (AvgIpc) is 3.36. The van der Waals surface area contributed by atoms with E-state index < -0.39 is 0 Å². The zero-order valence-electron chi connectivity index (χ0n) is 17.7. The number of aryl methyl sites for hydroxylation is 1. The van der Waals surface area contributed by atoms with Crippen LogP contribution in [0.5, 0.6) is 0 Å². The Kier molecular flexibility index (Phi) is 4.02. The van der Waals surface area contributed by atoms with Crippen LogP contribution in [0.25, 0.3) is 23.0 Å². The van der Waals surface area contributed by atoms with Gasteiger partial charge in [0.25, 0.3) is 0 Å². The molecule has 0 unspecified atom stereocenters. The molecular formula is C25H28N4. The molecule has 0 spiro atoms. The Morgan fingerprint density at radius 3 is 2.45 bits per heavy atom. The second kappa shape index (κ2) is 6.38. The van der Waals surface area contributed by atoms with Crippen LogP contribution in [-0.4, -0.2) is 20.6 Å². The van der Waals surface area contributed by atoms with Crippen LogP contribution in [0.15, 0.2) is 36.4 Å². The molecule has 5 rings (SSSR count). The molecule has 4 nitrogen and oxygen atoms in total. The monoisotopic (exact) mass is 384 g/mol. The van der Waals surface area contributed by atoms with Gasteiger partial charge in [0.05, 0.1) is 0 Å². The van der Waals surface area contributed by atoms with Gasteiger partial charge in [-0.25, -0.2) is 0 Å². The lowest BCUT2D eigenvalue weighted by Gasteiger charge is -2.42. The van der Waals surface area contributed by atoms with Crippen LogP contribution in [0.2, 0.25) is 0 Å². The van der Waals surface area contributed by atoms with E-state index in [0.717, 1.165) is 18.4 Å². The quantitative estimate of drug-likeness (QED) is 0.616. The van der Waals surface area contributed by atoms with E-state index in [2.05, 4.69) is 90.8 Å². The number of aromatic nitrogens is 4. The number of nitrogens with zero attached hydrogens (tertiary/aromatic N) is 3. The summed E-state index contributed by atoms with van der Waals surface area (Å²) in [6.07, 6.45) is 7.03. The van der Waals surface area contributed by atoms with E-state index in [1.165, 1.54) is 46.2 Å². The molecule has 1 aromatic heterocycles. The van der Waals surface area contributed by atoms with Crippen molar-refractivity contribution in [2.75, 3.05) is 0 Å². The van der Waals surface area contributed by atoms with Crippen molar-refractivity contribution < 1.29 is 0 Å². The minimum atomic E-state index is 0.243. The summed E-state index contributed by atoms with van der Waals surface area (Å²) in [4.78, 5) is 0. The van der Waals surface area contributed by atoms with E-state index in [1.807, 2.05) is 0 Å². The maximum atomic E-state index is 4.10. The van der Waals surface area contributed by atoms with Crippen LogP contribution in [0.1, 0.15) is 74.8 Å². The van der Waals surface area contributed by atoms with Gasteiger partial charge in [0.2, 0.25) is 5.82 Å². The van der Waals surface area contributed by atoms with Gasteiger partial charge in [-0.05, 0) is 81.2 Å². The van der Waals surface area contributed by atoms with E-state index in [4.69, 9.17) is 0 Å². The van der Waals surface area contributed by atoms with Crippen molar-refractivity contribution in [3.8, 4) is 11.4 Å². The maximum absolute atomic E-state index is 4.10. The van der Waals surface area contributed by atoms with Crippen LogP contribution in [0.3, 0.4) is 0 Å². The molecule has 0 atom stereocenters. The average molecular weight is 385 g/mol. The first-order chi connectivity index (χ1) is 13.8. The zero-order chi connectivity index (χ0) is 20.2. The smallest absolute Gasteiger partial charge is 0.177 e. The van der Waals surface area contributed by atoms with Crippen molar-refractivity contribution in [2.24, 2.45) is 0 Å². The second-order valence-electron chi connectivity index (χ2n) is 9.85. The number of nitrogens with one attached hydrogen (secondary N) is 1. The first kappa shape index (κ1) is 18.3. The van der Waals surface area contributed by atoms with E-state index >= 15 is 0 Å². The van der Waals surface area contributed by atoms with Gasteiger partial charge >= 0.3 is 0 Å². The van der Waals surface area contributed by atoms with Crippen LogP contribution >= 0.6 is 0 Å². The van der Waals surface area contributed by atoms with E-state index in [1.54, 1.807) is 0 Å². The number of allylic oxidation sites excluding steroid dienone is 1. The van der Waals surface area contributed by atoms with Crippen molar-refractivity contribution in [2.45, 2.75) is 64.2 Å². The maximum Gasteiger partial charge on any atom is 0.204 e. The summed E-state index contributed by atoms with van der Waals surface area (Å²) in [5.74, 6) is 0.657. The Hall–Kier alpha value is -2.75. The molecule has 2 aliphatic carbocycles. The van der Waals surface area contributed by atoms with Crippen molar-refractivity contribution in [3.05, 3.63) is 64.2 Å². The van der Waals surface area contributed by atoms with Crippen molar-refractivity contribution in [1.29, 1.82) is 0 Å². The van der Waals surface area contributed by atoms with Gasteiger partial charge in [-0.2, -0.15) is 5.21 Å². The van der Waals surface area contributed by atoms with Crippen molar-refractivity contribution >= 4 is 11.6 Å². The van der Waals surface area contributed by atoms with E-state index in [9.17, 15) is 0 Å². The Balaban J connectivity index is 1.52. The molecule has 0 saturated heterocycles. The van der Waals surface area contributed by atoms with Crippen LogP contribution in [0.4, 0.5) is 0 Å². The lowest BCUT2D eigenvalue weighted by atomic mass is 9.63. The standard InChI is InChI=1S/C25H28N4/c1-24(2)11-12-25(3,4)22-14-16(5-10-21(22)24)13-17-6-7-18-15-19(8-9-20(17)18)23-26-28-29-27-23/h5,8-10,13-15H,6-7,11-12H2,1-4H3,(H,26,27,28,29). The molecule has 4 heteroatoms. The number of rotatable bonds is 2. The second-order valence-corrected chi connectivity index (χ2v) is 9.85. The molecule has 0 saturated carbocycles. The highest BCUT2D eigenvalue weighted by Crippen LogP contribution is 2.46. The number of hydrogen-bond acceptors (Lipinski definition) is 3. The summed E-state index contributed by atoms with van der Waals surface area (Å²) >= 11 is 0. The number of tetrazole rings is 1. The molecule has 0 fully saturated rings. The van der Waals surface area contributed by atoms with Gasteiger partial charge in [-0.15, -0.1) is 10.2 Å². The normalized spacial score (nSPS) is 20.5. The van der Waals surface area contributed by atoms with Crippen LogP contribution in [-0.2, 0) is 17.3 Å². The largest absolute Gasteiger partial charge is 0.204 e. The number of fused-ring (bicyclic) bond motifs is 2. The van der Waals surface area contributed by atoms with Crippen LogP contribution in [0, 0.1) is 0 Å². The topological polar surface area (TPSA) is 54.5 Å². The SMILES string of the molecule is CC1(C)CCC(C)(C)c2cc(C=C3CCc4cc(-c5nn[nH]n5)ccc43)ccc21. The molecule has 0 bridgehead atoms. The third-order valence-electron chi connectivity index (χ3n) is 6.94. The lowest BCUT2D eigenvalue weighted by molar-refractivity contribution is 0.332. The minimum Gasteiger partial charge on any atom is -0.177 e. The lowest BCUT2D eigenvalue weighted by Crippen LogP contribution is -2.33. The molecule has 1 heterocycles. The van der Waals surface area contributed by atoms with Crippen molar-refractivity contribution in [3.63, 3.8) is 0 Å². The predicted octanol–water partition coefficient (Wildman–Crippen LogP) is 5.70. The molecule has 148 valence electrons. The van der Waals surface area contributed by atoms with Gasteiger partial charge in [-0.1, -0.05) is 64.1 Å². The first-order valence-electron chi connectivity index (χ1n) is 10.6. The number of H-pyrrole nitrogens is 1. The third-order valence-corrected chi connectivity index (χ3v) is 6.94. The molecule has 0 amide bonds. The highest BCUT2D eigenvalue weighted by Gasteiger charge is 2.36. The fourth-order valence-corrected chi connectivity index (χ4v) is 4.99. The van der Waals surface area contributed by atoms with E-state index in [-0.39, 0.29) is 10.8 Å². The number of hydrogen-bond donors (Lipinski definition) is 1. The summed E-state index contributed by atoms with van der Waals surface area (Å²) < 4.78 is 0. The Morgan fingerprint density at radius 2 is 1.69 bits per heavy atom. The Labute approximate surface area is 172 Å². The fourth-order valence-electron chi connectivity index (χ4n) is 4.99. The third kappa shape index (κ3) is 3.11. The van der Waals surface area contributed by atoms with Gasteiger partial charge in [0, 0.05) is 5.56 Å². The summed E-state index contributed by atoms with van der Waals surface area (Å²) in [7, 11) is 0. The summed E-state index contributed by atoms with van der Waals surface area (Å²) in [5, 5.41) is 14.4. The summed E-state index contributed by atoms with van der Waals surface area (Å²) in [6.45, 7) is 9.55. The van der Waals surface area contributed by atoms with Gasteiger partial charge in [0.15, 0.2) is 0 Å². The van der Waals surface area contributed by atoms with Gasteiger partial charge in [-0.3, -0.25) is 0 Å². The first-order valence-corrected chi connectivity index (χ1v) is 10.6. The number of aromatic amines is 1. The van der Waals surface area contributed by atoms with Gasteiger partial charge in [0.1, 0.15) is 0 Å². The molecule has 3 aromatic rings. The highest BCUT2D eigenvalue weighted by atomic mass is 15.5. The molecule has 0 radical (unpaired) electrons. The van der Waals surface area contributed by atoms with Crippen LogP contribution < -0.4 is 0 Å². The van der Waals surface area contributed by atoms with E-state index in [0.29, 0.717) is 5.82 Å². The zero-order valence-corrected chi connectivity index (χ0v) is 17.7. The number of benzene rings is 2. The summed E-state index contributed by atoms with van der Waals surface area (Å²) in [6, 6.07) is 13.6. The highest BCUT2D eigenvalue weighted by molar-refractivity contribution is 5.86. The molecule has 29 heavy (non-hydrogen) atoms. The summed E-state index contributed by atoms with van der Waals surface area (Å²) in [5.41, 5.74) is 10.0. The predicted molar refractivity (Wildman–Crippen MR) is 118 cm³/mol. The Morgan fingerprint density at radius 1 is 0.897 bits per heavy atom. The van der Waals surface area contributed by atoms with Gasteiger partial charge < -0.3 is 0 Å². The van der Waals surface area contributed by atoms with Crippen molar-refractivity contribution in [1.82, 2.24) is 20.6 Å². The molecular weight excluding hydrogens is 356 g/mol.